The Morgan fingerprint density at radius 1 is 1.17 bits per heavy atom. The van der Waals surface area contributed by atoms with Crippen molar-refractivity contribution < 1.29 is 18.0 Å². The van der Waals surface area contributed by atoms with Crippen molar-refractivity contribution in [3.05, 3.63) is 29.8 Å². The fraction of sp³-hybridized carbons (Fsp3) is 0.500. The number of nitrogens with one attached hydrogen (secondary N) is 3. The third-order valence-electron chi connectivity index (χ3n) is 3.10. The number of amides is 1. The molecule has 0 aliphatic carbocycles. The van der Waals surface area contributed by atoms with E-state index in [1.54, 1.807) is 12.1 Å². The standard InChI is InChI=1S/C16H23F3N4O/c1-3-4-14(24)23-13-7-5-12(6-8-13)11-22-15(20-2)21-10-9-16(17,18)19/h5-8H,3-4,9-11H2,1-2H3,(H,23,24)(H2,20,21,22). The normalized spacial score (nSPS) is 12.0. The highest BCUT2D eigenvalue weighted by Crippen LogP contribution is 2.18. The number of halogens is 3. The van der Waals surface area contributed by atoms with Gasteiger partial charge in [-0.1, -0.05) is 19.1 Å². The highest BCUT2D eigenvalue weighted by Gasteiger charge is 2.26. The maximum Gasteiger partial charge on any atom is 0.390 e. The van der Waals surface area contributed by atoms with Crippen molar-refractivity contribution in [2.45, 2.75) is 38.9 Å². The molecule has 5 nitrogen and oxygen atoms in total. The van der Waals surface area contributed by atoms with E-state index in [-0.39, 0.29) is 12.5 Å². The van der Waals surface area contributed by atoms with Crippen molar-refractivity contribution in [2.24, 2.45) is 4.99 Å². The second kappa shape index (κ2) is 9.79. The lowest BCUT2D eigenvalue weighted by Crippen LogP contribution is -2.38. The van der Waals surface area contributed by atoms with Crippen LogP contribution < -0.4 is 16.0 Å². The topological polar surface area (TPSA) is 65.5 Å². The van der Waals surface area contributed by atoms with Crippen LogP contribution in [0.15, 0.2) is 29.3 Å². The van der Waals surface area contributed by atoms with Gasteiger partial charge in [0.1, 0.15) is 0 Å². The lowest BCUT2D eigenvalue weighted by atomic mass is 10.2. The van der Waals surface area contributed by atoms with Gasteiger partial charge in [-0.15, -0.1) is 0 Å². The van der Waals surface area contributed by atoms with E-state index in [1.807, 2.05) is 19.1 Å². The van der Waals surface area contributed by atoms with Crippen molar-refractivity contribution in [1.82, 2.24) is 10.6 Å². The van der Waals surface area contributed by atoms with Crippen LogP contribution in [-0.2, 0) is 11.3 Å². The molecule has 0 heterocycles. The highest BCUT2D eigenvalue weighted by molar-refractivity contribution is 5.90. The smallest absolute Gasteiger partial charge is 0.356 e. The number of hydrogen-bond acceptors (Lipinski definition) is 2. The molecule has 0 fully saturated rings. The van der Waals surface area contributed by atoms with E-state index in [4.69, 9.17) is 0 Å². The zero-order valence-electron chi connectivity index (χ0n) is 13.8. The third kappa shape index (κ3) is 8.40. The average Bonchev–Trinajstić information content (AvgIpc) is 2.51. The Morgan fingerprint density at radius 2 is 1.83 bits per heavy atom. The molecule has 8 heteroatoms. The first-order valence-electron chi connectivity index (χ1n) is 7.74. The number of carbonyl (C=O) groups excluding carboxylic acids is 1. The third-order valence-corrected chi connectivity index (χ3v) is 3.10. The van der Waals surface area contributed by atoms with Crippen molar-refractivity contribution in [3.63, 3.8) is 0 Å². The van der Waals surface area contributed by atoms with E-state index in [0.717, 1.165) is 12.0 Å². The molecule has 1 aromatic carbocycles. The summed E-state index contributed by atoms with van der Waals surface area (Å²) in [5, 5.41) is 8.33. The van der Waals surface area contributed by atoms with Crippen LogP contribution in [0.2, 0.25) is 0 Å². The Bertz CT molecular complexity index is 541. The molecule has 1 aromatic rings. The van der Waals surface area contributed by atoms with Gasteiger partial charge in [0.2, 0.25) is 5.91 Å². The summed E-state index contributed by atoms with van der Waals surface area (Å²) in [5.41, 5.74) is 1.63. The number of guanidine groups is 1. The molecule has 0 aliphatic heterocycles. The van der Waals surface area contributed by atoms with Gasteiger partial charge in [-0.05, 0) is 24.1 Å². The second-order valence-electron chi connectivity index (χ2n) is 5.21. The Kier molecular flexibility index (Phi) is 8.08. The van der Waals surface area contributed by atoms with Crippen LogP contribution in [0.25, 0.3) is 0 Å². The SMILES string of the molecule is CCCC(=O)Nc1ccc(CNC(=NC)NCCC(F)(F)F)cc1. The number of carbonyl (C=O) groups is 1. The Balaban J connectivity index is 2.41. The van der Waals surface area contributed by atoms with Gasteiger partial charge in [0.25, 0.3) is 0 Å². The van der Waals surface area contributed by atoms with Gasteiger partial charge in [0, 0.05) is 32.2 Å². The quantitative estimate of drug-likeness (QED) is 0.526. The van der Waals surface area contributed by atoms with Gasteiger partial charge in [-0.3, -0.25) is 9.79 Å². The minimum absolute atomic E-state index is 0.0300. The fourth-order valence-electron chi connectivity index (χ4n) is 1.89. The zero-order valence-corrected chi connectivity index (χ0v) is 13.8. The molecule has 0 radical (unpaired) electrons. The first kappa shape index (κ1) is 19.8. The number of hydrogen-bond donors (Lipinski definition) is 3. The highest BCUT2D eigenvalue weighted by atomic mass is 19.4. The molecule has 24 heavy (non-hydrogen) atoms. The summed E-state index contributed by atoms with van der Waals surface area (Å²) < 4.78 is 36.3. The van der Waals surface area contributed by atoms with E-state index < -0.39 is 12.6 Å². The maximum absolute atomic E-state index is 12.1. The van der Waals surface area contributed by atoms with Crippen LogP contribution >= 0.6 is 0 Å². The molecule has 134 valence electrons. The van der Waals surface area contributed by atoms with Crippen molar-refractivity contribution in [3.8, 4) is 0 Å². The van der Waals surface area contributed by atoms with Crippen molar-refractivity contribution in [1.29, 1.82) is 0 Å². The molecule has 0 aliphatic rings. The van der Waals surface area contributed by atoms with Gasteiger partial charge in [0.05, 0.1) is 6.42 Å². The minimum Gasteiger partial charge on any atom is -0.356 e. The zero-order chi connectivity index (χ0) is 18.0. The molecular formula is C16H23F3N4O. The molecular weight excluding hydrogens is 321 g/mol. The predicted octanol–water partition coefficient (Wildman–Crippen LogP) is 3.04. The van der Waals surface area contributed by atoms with Crippen molar-refractivity contribution in [2.75, 3.05) is 18.9 Å². The number of alkyl halides is 3. The maximum atomic E-state index is 12.1. The monoisotopic (exact) mass is 344 g/mol. The van der Waals surface area contributed by atoms with E-state index in [1.165, 1.54) is 7.05 Å². The number of rotatable bonds is 7. The van der Waals surface area contributed by atoms with Crippen LogP contribution in [-0.4, -0.2) is 31.6 Å². The summed E-state index contributed by atoms with van der Waals surface area (Å²) in [5.74, 6) is 0.275. The fourth-order valence-corrected chi connectivity index (χ4v) is 1.89. The number of benzene rings is 1. The molecule has 0 saturated heterocycles. The largest absolute Gasteiger partial charge is 0.390 e. The molecule has 0 bridgehead atoms. The van der Waals surface area contributed by atoms with Gasteiger partial charge >= 0.3 is 6.18 Å². The van der Waals surface area contributed by atoms with Crippen molar-refractivity contribution >= 4 is 17.6 Å². The lowest BCUT2D eigenvalue weighted by molar-refractivity contribution is -0.132. The number of aliphatic imine (C=N–C) groups is 1. The average molecular weight is 344 g/mol. The van der Waals surface area contributed by atoms with Crippen LogP contribution in [0.5, 0.6) is 0 Å². The summed E-state index contributed by atoms with van der Waals surface area (Å²) >= 11 is 0. The lowest BCUT2D eigenvalue weighted by Gasteiger charge is -2.13. The molecule has 1 rings (SSSR count). The number of nitrogens with zero attached hydrogens (tertiary/aromatic N) is 1. The molecule has 0 unspecified atom stereocenters. The van der Waals surface area contributed by atoms with E-state index in [9.17, 15) is 18.0 Å². The van der Waals surface area contributed by atoms with Crippen LogP contribution in [0.3, 0.4) is 0 Å². The molecule has 0 spiro atoms. The summed E-state index contributed by atoms with van der Waals surface area (Å²) in [6.07, 6.45) is -3.85. The molecule has 0 aromatic heterocycles. The van der Waals surface area contributed by atoms with E-state index in [0.29, 0.717) is 24.6 Å². The predicted molar refractivity (Wildman–Crippen MR) is 88.9 cm³/mol. The van der Waals surface area contributed by atoms with Gasteiger partial charge in [-0.25, -0.2) is 0 Å². The van der Waals surface area contributed by atoms with Gasteiger partial charge in [0.15, 0.2) is 5.96 Å². The van der Waals surface area contributed by atoms with Gasteiger partial charge < -0.3 is 16.0 Å². The first-order valence-corrected chi connectivity index (χ1v) is 7.74. The molecule has 0 saturated carbocycles. The van der Waals surface area contributed by atoms with Crippen LogP contribution in [0, 0.1) is 0 Å². The molecule has 3 N–H and O–H groups in total. The summed E-state index contributed by atoms with van der Waals surface area (Å²) in [6.45, 7) is 2.12. The Hall–Kier alpha value is -2.25. The van der Waals surface area contributed by atoms with Gasteiger partial charge in [-0.2, -0.15) is 13.2 Å². The molecule has 1 amide bonds. The summed E-state index contributed by atoms with van der Waals surface area (Å²) in [6, 6.07) is 7.23. The van der Waals surface area contributed by atoms with E-state index in [2.05, 4.69) is 20.9 Å². The minimum atomic E-state index is -4.19. The molecule has 0 atom stereocenters. The number of anilines is 1. The Morgan fingerprint density at radius 3 is 2.38 bits per heavy atom. The Labute approximate surface area is 139 Å². The van der Waals surface area contributed by atoms with Crippen LogP contribution in [0.4, 0.5) is 18.9 Å². The van der Waals surface area contributed by atoms with E-state index >= 15 is 0 Å². The summed E-state index contributed by atoms with van der Waals surface area (Å²) in [4.78, 5) is 15.4. The summed E-state index contributed by atoms with van der Waals surface area (Å²) in [7, 11) is 1.50. The second-order valence-corrected chi connectivity index (χ2v) is 5.21. The first-order chi connectivity index (χ1) is 11.3. The van der Waals surface area contributed by atoms with Crippen LogP contribution in [0.1, 0.15) is 31.7 Å².